The Morgan fingerprint density at radius 1 is 1.31 bits per heavy atom. The number of carbonyl (C=O) groups excluding carboxylic acids is 1. The molecule has 1 aromatic heterocycles. The number of anilines is 1. The van der Waals surface area contributed by atoms with Gasteiger partial charge in [0.15, 0.2) is 11.9 Å². The molecule has 3 rings (SSSR count). The summed E-state index contributed by atoms with van der Waals surface area (Å²) in [6.07, 6.45) is -4.18. The fourth-order valence-electron chi connectivity index (χ4n) is 2.64. The average molecular weight is 370 g/mol. The maximum absolute atomic E-state index is 12.5. The Labute approximate surface area is 146 Å². The van der Waals surface area contributed by atoms with Crippen LogP contribution in [0.3, 0.4) is 0 Å². The molecule has 0 unspecified atom stereocenters. The Balaban J connectivity index is 1.52. The van der Waals surface area contributed by atoms with E-state index in [1.54, 1.807) is 6.92 Å². The van der Waals surface area contributed by atoms with Gasteiger partial charge in [-0.15, -0.1) is 0 Å². The van der Waals surface area contributed by atoms with Gasteiger partial charge in [-0.25, -0.2) is 0 Å². The summed E-state index contributed by atoms with van der Waals surface area (Å²) < 4.78 is 48.2. The number of carbonyl (C=O) groups is 1. The molecular formula is C16H17F3N4O3. The molecule has 0 radical (unpaired) electrons. The lowest BCUT2D eigenvalue weighted by atomic mass is 10.1. The molecule has 2 atom stereocenters. The van der Waals surface area contributed by atoms with Crippen LogP contribution >= 0.6 is 0 Å². The normalized spacial score (nSPS) is 20.3. The van der Waals surface area contributed by atoms with Crippen molar-refractivity contribution in [3.8, 4) is 0 Å². The zero-order valence-corrected chi connectivity index (χ0v) is 13.8. The van der Waals surface area contributed by atoms with Crippen LogP contribution in [0.5, 0.6) is 0 Å². The molecule has 1 fully saturated rings. The molecule has 2 heterocycles. The summed E-state index contributed by atoms with van der Waals surface area (Å²) in [6.45, 7) is 2.16. The highest BCUT2D eigenvalue weighted by Gasteiger charge is 2.34. The van der Waals surface area contributed by atoms with Crippen molar-refractivity contribution in [1.29, 1.82) is 0 Å². The number of amides is 1. The first-order valence-electron chi connectivity index (χ1n) is 7.95. The van der Waals surface area contributed by atoms with Crippen molar-refractivity contribution in [2.24, 2.45) is 0 Å². The number of rotatable bonds is 5. The van der Waals surface area contributed by atoms with Crippen molar-refractivity contribution >= 4 is 11.6 Å². The molecule has 26 heavy (non-hydrogen) atoms. The third-order valence-electron chi connectivity index (χ3n) is 3.90. The Morgan fingerprint density at radius 2 is 2.04 bits per heavy atom. The summed E-state index contributed by atoms with van der Waals surface area (Å²) in [5.74, 6) is 0.465. The van der Waals surface area contributed by atoms with Crippen molar-refractivity contribution < 1.29 is 27.2 Å². The van der Waals surface area contributed by atoms with Crippen LogP contribution in [0.25, 0.3) is 0 Å². The molecule has 1 aliphatic heterocycles. The number of hydrogen-bond donors (Lipinski definition) is 2. The number of nitrogens with zero attached hydrogens (tertiary/aromatic N) is 2. The van der Waals surface area contributed by atoms with E-state index in [2.05, 4.69) is 20.8 Å². The largest absolute Gasteiger partial charge is 0.416 e. The van der Waals surface area contributed by atoms with Gasteiger partial charge in [-0.3, -0.25) is 4.79 Å². The Hall–Kier alpha value is -2.46. The van der Waals surface area contributed by atoms with E-state index >= 15 is 0 Å². The van der Waals surface area contributed by atoms with Crippen LogP contribution in [0.1, 0.15) is 29.8 Å². The van der Waals surface area contributed by atoms with Gasteiger partial charge in [0.1, 0.15) is 0 Å². The molecule has 2 aromatic rings. The van der Waals surface area contributed by atoms with E-state index < -0.39 is 17.8 Å². The highest BCUT2D eigenvalue weighted by Crippen LogP contribution is 2.30. The number of aromatic nitrogens is 2. The molecule has 2 N–H and O–H groups in total. The molecule has 0 saturated carbocycles. The number of hydrogen-bond acceptors (Lipinski definition) is 6. The Bertz CT molecular complexity index is 761. The van der Waals surface area contributed by atoms with Crippen LogP contribution in [-0.4, -0.2) is 35.2 Å². The summed E-state index contributed by atoms with van der Waals surface area (Å²) in [7, 11) is 0. The molecule has 140 valence electrons. The molecule has 7 nitrogen and oxygen atoms in total. The highest BCUT2D eigenvalue weighted by atomic mass is 19.4. The summed E-state index contributed by atoms with van der Waals surface area (Å²) in [4.78, 5) is 16.1. The van der Waals surface area contributed by atoms with Gasteiger partial charge in [0, 0.05) is 18.3 Å². The van der Waals surface area contributed by atoms with Crippen LogP contribution in [0, 0.1) is 6.92 Å². The van der Waals surface area contributed by atoms with Crippen molar-refractivity contribution in [2.75, 3.05) is 18.5 Å². The lowest BCUT2D eigenvalue weighted by Gasteiger charge is -2.16. The number of nitrogens with one attached hydrogen (secondary N) is 2. The maximum Gasteiger partial charge on any atom is 0.416 e. The fourth-order valence-corrected chi connectivity index (χ4v) is 2.64. The van der Waals surface area contributed by atoms with E-state index in [1.165, 1.54) is 12.1 Å². The molecule has 0 spiro atoms. The zero-order valence-electron chi connectivity index (χ0n) is 13.8. The zero-order chi connectivity index (χ0) is 18.7. The summed E-state index contributed by atoms with van der Waals surface area (Å²) in [5, 5.41) is 9.31. The second-order valence-electron chi connectivity index (χ2n) is 5.87. The third kappa shape index (κ3) is 4.38. The van der Waals surface area contributed by atoms with E-state index in [1.807, 2.05) is 0 Å². The van der Waals surface area contributed by atoms with E-state index in [0.29, 0.717) is 24.7 Å². The van der Waals surface area contributed by atoms with Gasteiger partial charge < -0.3 is 19.9 Å². The minimum absolute atomic E-state index is 0.0291. The molecule has 1 amide bonds. The van der Waals surface area contributed by atoms with Gasteiger partial charge in [-0.2, -0.15) is 18.2 Å². The van der Waals surface area contributed by atoms with Gasteiger partial charge in [0.2, 0.25) is 5.91 Å². The van der Waals surface area contributed by atoms with E-state index in [0.717, 1.165) is 12.1 Å². The average Bonchev–Trinajstić information content (AvgIpc) is 3.21. The number of alkyl halides is 3. The van der Waals surface area contributed by atoms with Crippen LogP contribution in [-0.2, 0) is 15.7 Å². The molecular weight excluding hydrogens is 353 g/mol. The molecule has 1 saturated heterocycles. The van der Waals surface area contributed by atoms with Gasteiger partial charge >= 0.3 is 6.18 Å². The second-order valence-corrected chi connectivity index (χ2v) is 5.87. The van der Waals surface area contributed by atoms with E-state index in [4.69, 9.17) is 9.26 Å². The maximum atomic E-state index is 12.5. The third-order valence-corrected chi connectivity index (χ3v) is 3.90. The summed E-state index contributed by atoms with van der Waals surface area (Å²) in [5.41, 5.74) is -0.481. The second kappa shape index (κ2) is 7.42. The molecule has 0 aliphatic carbocycles. The first-order valence-corrected chi connectivity index (χ1v) is 7.95. The van der Waals surface area contributed by atoms with Crippen molar-refractivity contribution in [1.82, 2.24) is 15.5 Å². The monoisotopic (exact) mass is 370 g/mol. The van der Waals surface area contributed by atoms with Gasteiger partial charge in [-0.1, -0.05) is 5.16 Å². The quantitative estimate of drug-likeness (QED) is 0.841. The highest BCUT2D eigenvalue weighted by molar-refractivity contribution is 5.92. The Morgan fingerprint density at radius 3 is 2.65 bits per heavy atom. The predicted octanol–water partition coefficient (Wildman–Crippen LogP) is 2.46. The van der Waals surface area contributed by atoms with E-state index in [-0.39, 0.29) is 24.2 Å². The molecule has 1 aliphatic rings. The number of benzene rings is 1. The number of ether oxygens (including phenoxy) is 1. The van der Waals surface area contributed by atoms with Crippen molar-refractivity contribution in [2.45, 2.75) is 31.7 Å². The van der Waals surface area contributed by atoms with E-state index in [9.17, 15) is 18.0 Å². The number of halogens is 3. The molecule has 1 aromatic carbocycles. The summed E-state index contributed by atoms with van der Waals surface area (Å²) in [6, 6.07) is 4.09. The fraction of sp³-hybridized carbons (Fsp3) is 0.438. The standard InChI is InChI=1S/C16H17F3N4O3/c1-9-21-15(26-23-9)14-12(6-7-25-14)20-8-13(24)22-11-4-2-10(3-5-11)16(17,18)19/h2-5,12,14,20H,6-8H2,1H3,(H,22,24)/t12-,14+/m0/s1. The van der Waals surface area contributed by atoms with Crippen LogP contribution in [0.2, 0.25) is 0 Å². The smallest absolute Gasteiger partial charge is 0.367 e. The van der Waals surface area contributed by atoms with Crippen molar-refractivity contribution in [3.05, 3.63) is 41.5 Å². The van der Waals surface area contributed by atoms with Crippen LogP contribution in [0.15, 0.2) is 28.8 Å². The SMILES string of the molecule is Cc1noc([C@@H]2OCC[C@@H]2NCC(=O)Nc2ccc(C(F)(F)F)cc2)n1. The lowest BCUT2D eigenvalue weighted by Crippen LogP contribution is -2.37. The Kier molecular flexibility index (Phi) is 5.23. The van der Waals surface area contributed by atoms with Crippen molar-refractivity contribution in [3.63, 3.8) is 0 Å². The number of aryl methyl sites for hydroxylation is 1. The van der Waals surface area contributed by atoms with Crippen LogP contribution < -0.4 is 10.6 Å². The van der Waals surface area contributed by atoms with Gasteiger partial charge in [0.25, 0.3) is 5.89 Å². The lowest BCUT2D eigenvalue weighted by molar-refractivity contribution is -0.137. The minimum atomic E-state index is -4.41. The molecule has 10 heteroatoms. The minimum Gasteiger partial charge on any atom is -0.367 e. The summed E-state index contributed by atoms with van der Waals surface area (Å²) >= 11 is 0. The van der Waals surface area contributed by atoms with Gasteiger partial charge in [-0.05, 0) is 37.6 Å². The van der Waals surface area contributed by atoms with Crippen LogP contribution in [0.4, 0.5) is 18.9 Å². The predicted molar refractivity (Wildman–Crippen MR) is 84.2 cm³/mol. The van der Waals surface area contributed by atoms with Gasteiger partial charge in [0.05, 0.1) is 12.1 Å². The topological polar surface area (TPSA) is 89.3 Å². The first kappa shape index (κ1) is 18.3. The first-order chi connectivity index (χ1) is 12.3. The molecule has 0 bridgehead atoms.